The van der Waals surface area contributed by atoms with Gasteiger partial charge in [0, 0.05) is 13.1 Å². The summed E-state index contributed by atoms with van der Waals surface area (Å²) >= 11 is 0. The number of carbonyl (C=O) groups is 1. The molecule has 3 rings (SSSR count). The van der Waals surface area contributed by atoms with Crippen LogP contribution in [-0.4, -0.2) is 52.3 Å². The summed E-state index contributed by atoms with van der Waals surface area (Å²) in [5.41, 5.74) is -0.157. The molecule has 1 aromatic heterocycles. The second kappa shape index (κ2) is 9.48. The number of rotatable bonds is 7. The molecule has 0 aliphatic heterocycles. The first-order valence-electron chi connectivity index (χ1n) is 9.75. The molecule has 0 saturated heterocycles. The van der Waals surface area contributed by atoms with Gasteiger partial charge < -0.3 is 10.2 Å². The second-order valence-corrected chi connectivity index (χ2v) is 7.46. The Labute approximate surface area is 178 Å². The molecule has 31 heavy (non-hydrogen) atoms. The van der Waals surface area contributed by atoms with E-state index >= 15 is 0 Å². The van der Waals surface area contributed by atoms with Gasteiger partial charge in [0.15, 0.2) is 0 Å². The summed E-state index contributed by atoms with van der Waals surface area (Å²) in [6.45, 7) is 2.58. The van der Waals surface area contributed by atoms with Gasteiger partial charge in [-0.15, -0.1) is 0 Å². The molecule has 2 aromatic carbocycles. The lowest BCUT2D eigenvalue weighted by atomic mass is 10.2. The van der Waals surface area contributed by atoms with Gasteiger partial charge >= 0.3 is 5.69 Å². The molecule has 0 spiro atoms. The van der Waals surface area contributed by atoms with E-state index in [0.717, 1.165) is 14.8 Å². The van der Waals surface area contributed by atoms with Crippen LogP contribution in [-0.2, 0) is 6.54 Å². The molecular formula is C22H24FN5O3. The number of likely N-dealkylation sites (N-methyl/N-ethyl adjacent to an activating group) is 1. The van der Waals surface area contributed by atoms with Crippen molar-refractivity contribution in [2.45, 2.75) is 13.5 Å². The summed E-state index contributed by atoms with van der Waals surface area (Å²) in [7, 11) is 3.71. The minimum atomic E-state index is -0.833. The Bertz CT molecular complexity index is 1200. The number of hydrogen-bond donors (Lipinski definition) is 1. The summed E-state index contributed by atoms with van der Waals surface area (Å²) in [4.78, 5) is 40.6. The standard InChI is InChI=1S/C22H24FN5O3/c1-15-7-9-18(10-8-15)28-22(31)27(14-16-5-4-6-17(23)13-16)21(30)19(25-28)20(29)24-11-12-26(2)3/h4-10,13H,11-12,14H2,1-3H3,(H,24,29). The minimum absolute atomic E-state index is 0.193. The molecule has 0 saturated carbocycles. The fourth-order valence-corrected chi connectivity index (χ4v) is 2.95. The third-order valence-corrected chi connectivity index (χ3v) is 4.63. The molecule has 162 valence electrons. The largest absolute Gasteiger partial charge is 0.352 e. The van der Waals surface area contributed by atoms with Crippen molar-refractivity contribution in [1.29, 1.82) is 0 Å². The van der Waals surface area contributed by atoms with Gasteiger partial charge in [0.05, 0.1) is 12.2 Å². The quantitative estimate of drug-likeness (QED) is 0.614. The zero-order valence-electron chi connectivity index (χ0n) is 17.6. The Morgan fingerprint density at radius 1 is 1.13 bits per heavy atom. The van der Waals surface area contributed by atoms with Crippen molar-refractivity contribution in [3.05, 3.63) is 92.0 Å². The normalized spacial score (nSPS) is 11.0. The molecular weight excluding hydrogens is 401 g/mol. The maximum Gasteiger partial charge on any atom is 0.352 e. The molecule has 0 radical (unpaired) electrons. The number of carbonyl (C=O) groups excluding carboxylic acids is 1. The van der Waals surface area contributed by atoms with Crippen LogP contribution in [0.3, 0.4) is 0 Å². The Kier molecular flexibility index (Phi) is 6.76. The topological polar surface area (TPSA) is 89.2 Å². The van der Waals surface area contributed by atoms with Crippen molar-refractivity contribution in [3.8, 4) is 5.69 Å². The van der Waals surface area contributed by atoms with Crippen LogP contribution in [0.15, 0.2) is 58.1 Å². The average molecular weight is 425 g/mol. The van der Waals surface area contributed by atoms with Crippen molar-refractivity contribution >= 4 is 5.91 Å². The predicted molar refractivity (Wildman–Crippen MR) is 115 cm³/mol. The van der Waals surface area contributed by atoms with Crippen molar-refractivity contribution < 1.29 is 9.18 Å². The zero-order valence-corrected chi connectivity index (χ0v) is 17.6. The van der Waals surface area contributed by atoms with E-state index in [-0.39, 0.29) is 6.54 Å². The van der Waals surface area contributed by atoms with Gasteiger partial charge in [0.1, 0.15) is 5.82 Å². The Morgan fingerprint density at radius 2 is 1.84 bits per heavy atom. The van der Waals surface area contributed by atoms with Crippen LogP contribution in [0.5, 0.6) is 0 Å². The molecule has 0 atom stereocenters. The third-order valence-electron chi connectivity index (χ3n) is 4.63. The van der Waals surface area contributed by atoms with Gasteiger partial charge in [-0.05, 0) is 50.8 Å². The number of nitrogens with one attached hydrogen (secondary N) is 1. The van der Waals surface area contributed by atoms with Crippen molar-refractivity contribution in [3.63, 3.8) is 0 Å². The van der Waals surface area contributed by atoms with Gasteiger partial charge in [0.25, 0.3) is 11.5 Å². The lowest BCUT2D eigenvalue weighted by Crippen LogP contribution is -2.46. The number of benzene rings is 2. The van der Waals surface area contributed by atoms with Crippen molar-refractivity contribution in [2.24, 2.45) is 0 Å². The van der Waals surface area contributed by atoms with E-state index in [2.05, 4.69) is 10.4 Å². The third kappa shape index (κ3) is 5.32. The molecule has 0 aliphatic carbocycles. The first kappa shape index (κ1) is 22.1. The lowest BCUT2D eigenvalue weighted by Gasteiger charge is -2.13. The maximum absolute atomic E-state index is 13.6. The summed E-state index contributed by atoms with van der Waals surface area (Å²) in [6, 6.07) is 12.5. The Balaban J connectivity index is 2.10. The van der Waals surface area contributed by atoms with E-state index in [1.807, 2.05) is 25.9 Å². The fraction of sp³-hybridized carbons (Fsp3) is 0.273. The monoisotopic (exact) mass is 425 g/mol. The van der Waals surface area contributed by atoms with E-state index in [4.69, 9.17) is 0 Å². The van der Waals surface area contributed by atoms with Crippen LogP contribution >= 0.6 is 0 Å². The highest BCUT2D eigenvalue weighted by Gasteiger charge is 2.20. The molecule has 0 unspecified atom stereocenters. The SMILES string of the molecule is Cc1ccc(-n2nc(C(=O)NCCN(C)C)c(=O)n(Cc3cccc(F)c3)c2=O)cc1. The lowest BCUT2D eigenvalue weighted by molar-refractivity contribution is 0.0941. The van der Waals surface area contributed by atoms with Gasteiger partial charge in [0.2, 0.25) is 5.69 Å². The molecule has 0 fully saturated rings. The van der Waals surface area contributed by atoms with Crippen LogP contribution in [0, 0.1) is 12.7 Å². The summed E-state index contributed by atoms with van der Waals surface area (Å²) in [5, 5.41) is 6.71. The number of hydrogen-bond acceptors (Lipinski definition) is 5. The van der Waals surface area contributed by atoms with Crippen LogP contribution in [0.2, 0.25) is 0 Å². The summed E-state index contributed by atoms with van der Waals surface area (Å²) < 4.78 is 15.5. The number of amides is 1. The Morgan fingerprint density at radius 3 is 2.48 bits per heavy atom. The van der Waals surface area contributed by atoms with Gasteiger partial charge in [-0.25, -0.2) is 9.18 Å². The number of halogens is 1. The van der Waals surface area contributed by atoms with Gasteiger partial charge in [-0.1, -0.05) is 29.8 Å². The molecule has 8 nitrogen and oxygen atoms in total. The molecule has 0 bridgehead atoms. The molecule has 1 heterocycles. The van der Waals surface area contributed by atoms with Gasteiger partial charge in [-0.2, -0.15) is 9.78 Å². The minimum Gasteiger partial charge on any atom is -0.349 e. The molecule has 3 aromatic rings. The Hall–Kier alpha value is -3.59. The molecule has 1 amide bonds. The van der Waals surface area contributed by atoms with E-state index in [0.29, 0.717) is 24.3 Å². The van der Waals surface area contributed by atoms with Crippen molar-refractivity contribution in [2.75, 3.05) is 27.2 Å². The highest BCUT2D eigenvalue weighted by atomic mass is 19.1. The van der Waals surface area contributed by atoms with Crippen LogP contribution < -0.4 is 16.6 Å². The number of aryl methyl sites for hydroxylation is 1. The highest BCUT2D eigenvalue weighted by molar-refractivity contribution is 5.91. The predicted octanol–water partition coefficient (Wildman–Crippen LogP) is 1.18. The molecule has 0 aliphatic rings. The molecule has 9 heteroatoms. The first-order valence-corrected chi connectivity index (χ1v) is 9.75. The van der Waals surface area contributed by atoms with Gasteiger partial charge in [-0.3, -0.25) is 14.2 Å². The van der Waals surface area contributed by atoms with Crippen molar-refractivity contribution in [1.82, 2.24) is 24.6 Å². The average Bonchev–Trinajstić information content (AvgIpc) is 2.72. The number of aromatic nitrogens is 3. The van der Waals surface area contributed by atoms with Crippen LogP contribution in [0.1, 0.15) is 21.6 Å². The summed E-state index contributed by atoms with van der Waals surface area (Å²) in [5.74, 6) is -1.17. The fourth-order valence-electron chi connectivity index (χ4n) is 2.95. The number of nitrogens with zero attached hydrogens (tertiary/aromatic N) is 4. The molecule has 1 N–H and O–H groups in total. The van der Waals surface area contributed by atoms with Crippen LogP contribution in [0.25, 0.3) is 5.69 Å². The smallest absolute Gasteiger partial charge is 0.349 e. The maximum atomic E-state index is 13.6. The van der Waals surface area contributed by atoms with E-state index in [1.54, 1.807) is 30.3 Å². The van der Waals surface area contributed by atoms with E-state index in [1.165, 1.54) is 18.2 Å². The first-order chi connectivity index (χ1) is 14.8. The van der Waals surface area contributed by atoms with Crippen LogP contribution in [0.4, 0.5) is 4.39 Å². The highest BCUT2D eigenvalue weighted by Crippen LogP contribution is 2.07. The second-order valence-electron chi connectivity index (χ2n) is 7.46. The van der Waals surface area contributed by atoms with E-state index in [9.17, 15) is 18.8 Å². The zero-order chi connectivity index (χ0) is 22.5. The summed E-state index contributed by atoms with van der Waals surface area (Å²) in [6.07, 6.45) is 0. The van der Waals surface area contributed by atoms with E-state index < -0.39 is 28.7 Å².